The summed E-state index contributed by atoms with van der Waals surface area (Å²) in [5.74, 6) is 1.47. The van der Waals surface area contributed by atoms with Crippen LogP contribution < -0.4 is 4.90 Å². The van der Waals surface area contributed by atoms with Crippen LogP contribution in [0.2, 0.25) is 5.02 Å². The molecule has 1 aromatic carbocycles. The number of halogens is 1. The third-order valence-corrected chi connectivity index (χ3v) is 6.25. The van der Waals surface area contributed by atoms with Crippen molar-refractivity contribution >= 4 is 28.1 Å². The fraction of sp³-hybridized carbons (Fsp3) is 0.474. The lowest BCUT2D eigenvalue weighted by Crippen LogP contribution is -2.47. The summed E-state index contributed by atoms with van der Waals surface area (Å²) in [6.07, 6.45) is 1.57. The largest absolute Gasteiger partial charge is 0.344 e. The zero-order chi connectivity index (χ0) is 19.5. The van der Waals surface area contributed by atoms with Gasteiger partial charge in [-0.15, -0.1) is 10.2 Å². The second-order valence-electron chi connectivity index (χ2n) is 6.88. The molecule has 0 amide bonds. The number of hydrogen-bond acceptors (Lipinski definition) is 8. The van der Waals surface area contributed by atoms with E-state index < -0.39 is 0 Å². The van der Waals surface area contributed by atoms with Crippen molar-refractivity contribution in [1.29, 1.82) is 0 Å². The number of benzene rings is 1. The van der Waals surface area contributed by atoms with E-state index in [2.05, 4.69) is 37.1 Å². The van der Waals surface area contributed by atoms with Gasteiger partial charge in [-0.1, -0.05) is 47.2 Å². The highest BCUT2D eigenvalue weighted by Gasteiger charge is 2.27. The molecule has 7 nitrogen and oxygen atoms in total. The SMILES string of the molecule is CCc1noc(C(C)N2CCN(c3nnc(Cc4ccc(Cl)cc4)s3)CC2)n1. The molecular weight excluding hydrogens is 396 g/mol. The Kier molecular flexibility index (Phi) is 5.89. The van der Waals surface area contributed by atoms with Crippen LogP contribution in [0.4, 0.5) is 5.13 Å². The standard InChI is InChI=1S/C19H23ClN6OS/c1-3-16-21-18(27-24-16)13(2)25-8-10-26(11-9-25)19-23-22-17(28-19)12-14-4-6-15(20)7-5-14/h4-7,13H,3,8-12H2,1-2H3. The van der Waals surface area contributed by atoms with Gasteiger partial charge in [-0.25, -0.2) is 0 Å². The van der Waals surface area contributed by atoms with E-state index >= 15 is 0 Å². The van der Waals surface area contributed by atoms with E-state index in [1.54, 1.807) is 11.3 Å². The third kappa shape index (κ3) is 4.34. The van der Waals surface area contributed by atoms with Crippen molar-refractivity contribution in [3.05, 3.63) is 51.6 Å². The maximum absolute atomic E-state index is 5.95. The number of rotatable bonds is 6. The normalized spacial score (nSPS) is 16.5. The van der Waals surface area contributed by atoms with Crippen molar-refractivity contribution in [3.63, 3.8) is 0 Å². The molecule has 0 N–H and O–H groups in total. The number of piperazine rings is 1. The van der Waals surface area contributed by atoms with Crippen LogP contribution in [-0.4, -0.2) is 51.4 Å². The van der Waals surface area contributed by atoms with E-state index in [1.165, 1.54) is 5.56 Å². The average Bonchev–Trinajstić information content (AvgIpc) is 3.39. The van der Waals surface area contributed by atoms with Crippen molar-refractivity contribution in [1.82, 2.24) is 25.2 Å². The van der Waals surface area contributed by atoms with Gasteiger partial charge in [0.25, 0.3) is 0 Å². The number of aryl methyl sites for hydroxylation is 1. The molecule has 28 heavy (non-hydrogen) atoms. The minimum absolute atomic E-state index is 0.129. The Balaban J connectivity index is 1.33. The van der Waals surface area contributed by atoms with E-state index in [0.717, 1.165) is 60.0 Å². The summed E-state index contributed by atoms with van der Waals surface area (Å²) in [5.41, 5.74) is 1.19. The summed E-state index contributed by atoms with van der Waals surface area (Å²) in [7, 11) is 0. The molecule has 1 aliphatic rings. The molecule has 1 saturated heterocycles. The Hall–Kier alpha value is -2.03. The highest BCUT2D eigenvalue weighted by Crippen LogP contribution is 2.26. The Morgan fingerprint density at radius 2 is 1.89 bits per heavy atom. The lowest BCUT2D eigenvalue weighted by Gasteiger charge is -2.36. The van der Waals surface area contributed by atoms with Gasteiger partial charge in [0, 0.05) is 44.0 Å². The predicted octanol–water partition coefficient (Wildman–Crippen LogP) is 3.61. The molecule has 1 fully saturated rings. The number of hydrogen-bond donors (Lipinski definition) is 0. The van der Waals surface area contributed by atoms with Crippen molar-refractivity contribution in [2.24, 2.45) is 0 Å². The second-order valence-corrected chi connectivity index (χ2v) is 8.36. The third-order valence-electron chi connectivity index (χ3n) is 5.01. The van der Waals surface area contributed by atoms with E-state index in [1.807, 2.05) is 31.2 Å². The minimum Gasteiger partial charge on any atom is -0.344 e. The monoisotopic (exact) mass is 418 g/mol. The first-order chi connectivity index (χ1) is 13.6. The first-order valence-electron chi connectivity index (χ1n) is 9.50. The van der Waals surface area contributed by atoms with Crippen LogP contribution in [0, 0.1) is 0 Å². The first kappa shape index (κ1) is 19.3. The van der Waals surface area contributed by atoms with Crippen molar-refractivity contribution in [2.45, 2.75) is 32.7 Å². The maximum Gasteiger partial charge on any atom is 0.243 e. The van der Waals surface area contributed by atoms with E-state index in [4.69, 9.17) is 16.1 Å². The van der Waals surface area contributed by atoms with Crippen LogP contribution >= 0.6 is 22.9 Å². The summed E-state index contributed by atoms with van der Waals surface area (Å²) < 4.78 is 5.40. The van der Waals surface area contributed by atoms with Crippen LogP contribution in [0.25, 0.3) is 0 Å². The highest BCUT2D eigenvalue weighted by molar-refractivity contribution is 7.15. The molecule has 0 aliphatic carbocycles. The van der Waals surface area contributed by atoms with Gasteiger partial charge in [-0.2, -0.15) is 4.98 Å². The quantitative estimate of drug-likeness (QED) is 0.605. The Morgan fingerprint density at radius 3 is 2.57 bits per heavy atom. The van der Waals surface area contributed by atoms with Gasteiger partial charge in [0.2, 0.25) is 11.0 Å². The van der Waals surface area contributed by atoms with E-state index in [0.29, 0.717) is 5.89 Å². The zero-order valence-electron chi connectivity index (χ0n) is 16.0. The molecule has 3 heterocycles. The Labute approximate surface area is 173 Å². The molecule has 1 aliphatic heterocycles. The summed E-state index contributed by atoms with van der Waals surface area (Å²) in [4.78, 5) is 9.15. The molecule has 3 aromatic rings. The number of aromatic nitrogens is 4. The molecule has 1 atom stereocenters. The van der Waals surface area contributed by atoms with Crippen LogP contribution in [0.3, 0.4) is 0 Å². The van der Waals surface area contributed by atoms with Gasteiger partial charge < -0.3 is 9.42 Å². The lowest BCUT2D eigenvalue weighted by molar-refractivity contribution is 0.164. The molecule has 2 aromatic heterocycles. The molecule has 0 spiro atoms. The van der Waals surface area contributed by atoms with Crippen molar-refractivity contribution in [2.75, 3.05) is 31.1 Å². The summed E-state index contributed by atoms with van der Waals surface area (Å²) in [6.45, 7) is 7.83. The summed E-state index contributed by atoms with van der Waals surface area (Å²) in [5, 5.41) is 15.5. The Bertz CT molecular complexity index is 903. The van der Waals surface area contributed by atoms with E-state index in [-0.39, 0.29) is 6.04 Å². The van der Waals surface area contributed by atoms with Crippen LogP contribution in [-0.2, 0) is 12.8 Å². The molecule has 0 radical (unpaired) electrons. The van der Waals surface area contributed by atoms with Crippen LogP contribution in [0.15, 0.2) is 28.8 Å². The fourth-order valence-corrected chi connectivity index (χ4v) is 4.31. The molecule has 1 unspecified atom stereocenters. The molecule has 0 bridgehead atoms. The number of nitrogens with zero attached hydrogens (tertiary/aromatic N) is 6. The predicted molar refractivity (Wildman–Crippen MR) is 110 cm³/mol. The van der Waals surface area contributed by atoms with Gasteiger partial charge >= 0.3 is 0 Å². The molecular formula is C19H23ClN6OS. The van der Waals surface area contributed by atoms with Crippen molar-refractivity contribution in [3.8, 4) is 0 Å². The van der Waals surface area contributed by atoms with Gasteiger partial charge in [-0.3, -0.25) is 4.90 Å². The highest BCUT2D eigenvalue weighted by atomic mass is 35.5. The summed E-state index contributed by atoms with van der Waals surface area (Å²) in [6, 6.07) is 8.01. The van der Waals surface area contributed by atoms with Crippen LogP contribution in [0.5, 0.6) is 0 Å². The molecule has 148 valence electrons. The van der Waals surface area contributed by atoms with Crippen molar-refractivity contribution < 1.29 is 4.52 Å². The molecule has 9 heteroatoms. The lowest BCUT2D eigenvalue weighted by atomic mass is 10.2. The number of anilines is 1. The molecule has 0 saturated carbocycles. The fourth-order valence-electron chi connectivity index (χ4n) is 3.26. The van der Waals surface area contributed by atoms with Gasteiger partial charge in [0.15, 0.2) is 5.82 Å². The van der Waals surface area contributed by atoms with Gasteiger partial charge in [-0.05, 0) is 24.6 Å². The molecule has 4 rings (SSSR count). The van der Waals surface area contributed by atoms with Gasteiger partial charge in [0.05, 0.1) is 6.04 Å². The average molecular weight is 419 g/mol. The minimum atomic E-state index is 0.129. The Morgan fingerprint density at radius 1 is 1.14 bits per heavy atom. The topological polar surface area (TPSA) is 71.2 Å². The smallest absolute Gasteiger partial charge is 0.243 e. The van der Waals surface area contributed by atoms with E-state index in [9.17, 15) is 0 Å². The second kappa shape index (κ2) is 8.55. The van der Waals surface area contributed by atoms with Crippen LogP contribution in [0.1, 0.15) is 42.2 Å². The van der Waals surface area contributed by atoms with Gasteiger partial charge in [0.1, 0.15) is 5.01 Å². The zero-order valence-corrected chi connectivity index (χ0v) is 17.6. The maximum atomic E-state index is 5.95. The summed E-state index contributed by atoms with van der Waals surface area (Å²) >= 11 is 7.61. The first-order valence-corrected chi connectivity index (χ1v) is 10.7.